The molecule has 1 heterocycles. The normalized spacial score (nSPS) is 25.7. The molecule has 2 amide bonds. The fourth-order valence-electron chi connectivity index (χ4n) is 1.21. The summed E-state index contributed by atoms with van der Waals surface area (Å²) < 4.78 is 13.0. The first-order chi connectivity index (χ1) is 6.76. The second-order valence-electron chi connectivity index (χ2n) is 3.04. The average Bonchev–Trinajstić information content (AvgIpc) is 2.07. The zero-order valence-corrected chi connectivity index (χ0v) is 8.45. The van der Waals surface area contributed by atoms with Crippen LogP contribution in [0.1, 0.15) is 6.92 Å². The van der Waals surface area contributed by atoms with E-state index in [1.807, 2.05) is 0 Å². The third-order valence-electron chi connectivity index (χ3n) is 1.95. The molecule has 0 bridgehead atoms. The molecule has 0 aromatic carbocycles. The lowest BCUT2D eigenvalue weighted by Crippen LogP contribution is -2.49. The monoisotopic (exact) mass is 234 g/mol. The summed E-state index contributed by atoms with van der Waals surface area (Å²) in [5.74, 6) is -2.31. The molecule has 0 aliphatic carbocycles. The number of rotatable bonds is 1. The molecule has 5 nitrogen and oxygen atoms in total. The second-order valence-corrected chi connectivity index (χ2v) is 3.77. The van der Waals surface area contributed by atoms with Crippen molar-refractivity contribution in [3.05, 3.63) is 23.7 Å². The Morgan fingerprint density at radius 3 is 2.60 bits per heavy atom. The molecular formula is C8H8ClFN2O3. The maximum Gasteiger partial charge on any atom is 0.335 e. The zero-order chi connectivity index (χ0) is 11.8. The minimum Gasteiger partial charge on any atom is -0.478 e. The Morgan fingerprint density at radius 2 is 2.20 bits per heavy atom. The van der Waals surface area contributed by atoms with Crippen LogP contribution >= 0.6 is 11.6 Å². The summed E-state index contributed by atoms with van der Waals surface area (Å²) in [6.07, 6.45) is 1.50. The van der Waals surface area contributed by atoms with Crippen LogP contribution in [0, 0.1) is 0 Å². The number of carbonyl (C=O) groups is 2. The molecule has 1 atom stereocenters. The summed E-state index contributed by atoms with van der Waals surface area (Å²) in [6, 6.07) is -1.03. The summed E-state index contributed by atoms with van der Waals surface area (Å²) in [7, 11) is 0. The zero-order valence-electron chi connectivity index (χ0n) is 7.70. The van der Waals surface area contributed by atoms with Crippen LogP contribution in [0.5, 0.6) is 0 Å². The van der Waals surface area contributed by atoms with E-state index in [4.69, 9.17) is 22.4 Å². The van der Waals surface area contributed by atoms with Crippen LogP contribution in [0.2, 0.25) is 0 Å². The Labute approximate surface area is 89.6 Å². The predicted molar refractivity (Wildman–Crippen MR) is 50.6 cm³/mol. The molecule has 1 aliphatic heterocycles. The minimum atomic E-state index is -1.69. The molecule has 82 valence electrons. The van der Waals surface area contributed by atoms with E-state index in [2.05, 4.69) is 0 Å². The van der Waals surface area contributed by atoms with Crippen LogP contribution in [0.15, 0.2) is 23.7 Å². The largest absolute Gasteiger partial charge is 0.478 e. The van der Waals surface area contributed by atoms with Gasteiger partial charge < -0.3 is 10.8 Å². The summed E-state index contributed by atoms with van der Waals surface area (Å²) >= 11 is 5.82. The lowest BCUT2D eigenvalue weighted by atomic mass is 10.0. The number of alkyl halides is 1. The first-order valence-electron chi connectivity index (χ1n) is 3.87. The number of urea groups is 1. The molecule has 1 unspecified atom stereocenters. The predicted octanol–water partition coefficient (Wildman–Crippen LogP) is 1.16. The van der Waals surface area contributed by atoms with Crippen molar-refractivity contribution in [2.75, 3.05) is 0 Å². The maximum absolute atomic E-state index is 13.0. The van der Waals surface area contributed by atoms with Crippen molar-refractivity contribution >= 4 is 23.6 Å². The highest BCUT2D eigenvalue weighted by molar-refractivity contribution is 6.29. The number of allylic oxidation sites excluding steroid dienone is 2. The number of carbonyl (C=O) groups excluding carboxylic acids is 1. The summed E-state index contributed by atoms with van der Waals surface area (Å²) in [5, 5.41) is 8.77. The first kappa shape index (κ1) is 11.5. The molecule has 0 fully saturated rings. The fraction of sp³-hybridized carbons (Fsp3) is 0.250. The number of carboxylic acid groups (broad SMARTS) is 1. The van der Waals surface area contributed by atoms with Gasteiger partial charge in [-0.3, -0.25) is 4.90 Å². The molecule has 3 N–H and O–H groups in total. The Balaban J connectivity index is 3.26. The number of amides is 2. The number of hydrogen-bond donors (Lipinski definition) is 2. The number of aliphatic carboxylic acids is 1. The van der Waals surface area contributed by atoms with Crippen LogP contribution in [0.4, 0.5) is 9.18 Å². The molecule has 0 spiro atoms. The van der Waals surface area contributed by atoms with E-state index in [0.29, 0.717) is 4.90 Å². The third kappa shape index (κ3) is 1.94. The van der Waals surface area contributed by atoms with Crippen molar-refractivity contribution in [1.82, 2.24) is 4.90 Å². The summed E-state index contributed by atoms with van der Waals surface area (Å²) in [4.78, 5) is 20.6. The molecule has 0 aromatic rings. The summed E-state index contributed by atoms with van der Waals surface area (Å²) in [6.45, 7) is 1.24. The molecule has 1 aliphatic rings. The Kier molecular flexibility index (Phi) is 2.72. The molecule has 15 heavy (non-hydrogen) atoms. The van der Waals surface area contributed by atoms with Crippen LogP contribution in [0.25, 0.3) is 0 Å². The summed E-state index contributed by atoms with van der Waals surface area (Å²) in [5.41, 5.74) is 4.48. The van der Waals surface area contributed by atoms with Gasteiger partial charge in [0, 0.05) is 6.20 Å². The van der Waals surface area contributed by atoms with Crippen molar-refractivity contribution in [1.29, 1.82) is 0 Å². The molecule has 0 aromatic heterocycles. The molecule has 0 radical (unpaired) electrons. The van der Waals surface area contributed by atoms with Gasteiger partial charge in [0.05, 0.1) is 5.57 Å². The SMILES string of the molecule is CC1(Cl)C(C(=O)O)=CC(F)=CN1C(N)=O. The highest BCUT2D eigenvalue weighted by atomic mass is 35.5. The van der Waals surface area contributed by atoms with E-state index >= 15 is 0 Å². The minimum absolute atomic E-state index is 0.456. The topological polar surface area (TPSA) is 83.6 Å². The van der Waals surface area contributed by atoms with Gasteiger partial charge in [-0.05, 0) is 13.0 Å². The number of carboxylic acids is 1. The molecular weight excluding hydrogens is 227 g/mol. The molecule has 7 heteroatoms. The highest BCUT2D eigenvalue weighted by Gasteiger charge is 2.41. The van der Waals surface area contributed by atoms with Crippen molar-refractivity contribution in [2.24, 2.45) is 5.73 Å². The molecule has 0 saturated carbocycles. The van der Waals surface area contributed by atoms with E-state index in [1.54, 1.807) is 0 Å². The van der Waals surface area contributed by atoms with E-state index in [-0.39, 0.29) is 0 Å². The number of halogens is 2. The van der Waals surface area contributed by atoms with Crippen LogP contribution in [-0.4, -0.2) is 27.0 Å². The first-order valence-corrected chi connectivity index (χ1v) is 4.25. The molecule has 1 rings (SSSR count). The van der Waals surface area contributed by atoms with Gasteiger partial charge in [0.1, 0.15) is 5.83 Å². The smallest absolute Gasteiger partial charge is 0.335 e. The van der Waals surface area contributed by atoms with E-state index in [0.717, 1.165) is 12.3 Å². The Bertz CT molecular complexity index is 389. The lowest BCUT2D eigenvalue weighted by Gasteiger charge is -2.35. The van der Waals surface area contributed by atoms with Crippen molar-refractivity contribution in [3.8, 4) is 0 Å². The third-order valence-corrected chi connectivity index (χ3v) is 2.33. The second kappa shape index (κ2) is 3.54. The van der Waals surface area contributed by atoms with Gasteiger partial charge in [-0.15, -0.1) is 0 Å². The number of nitrogens with two attached hydrogens (primary N) is 1. The van der Waals surface area contributed by atoms with Gasteiger partial charge in [0.25, 0.3) is 0 Å². The standard InChI is InChI=1S/C8H8ClFN2O3/c1-8(9)5(6(13)14)2-4(10)3-12(8)7(11)15/h2-3H,1H3,(H2,11,15)(H,13,14). The number of primary amides is 1. The van der Waals surface area contributed by atoms with Crippen molar-refractivity contribution in [3.63, 3.8) is 0 Å². The van der Waals surface area contributed by atoms with Gasteiger partial charge in [-0.2, -0.15) is 0 Å². The molecule has 0 saturated heterocycles. The quantitative estimate of drug-likeness (QED) is 0.527. The van der Waals surface area contributed by atoms with E-state index in [1.165, 1.54) is 6.92 Å². The van der Waals surface area contributed by atoms with Gasteiger partial charge in [-0.25, -0.2) is 14.0 Å². The van der Waals surface area contributed by atoms with Crippen LogP contribution in [0.3, 0.4) is 0 Å². The van der Waals surface area contributed by atoms with E-state index < -0.39 is 28.4 Å². The fourth-order valence-corrected chi connectivity index (χ4v) is 1.48. The van der Waals surface area contributed by atoms with E-state index in [9.17, 15) is 14.0 Å². The number of hydrogen-bond acceptors (Lipinski definition) is 2. The number of nitrogens with zero attached hydrogens (tertiary/aromatic N) is 1. The highest BCUT2D eigenvalue weighted by Crippen LogP contribution is 2.34. The van der Waals surface area contributed by atoms with Gasteiger partial charge in [-0.1, -0.05) is 11.6 Å². The van der Waals surface area contributed by atoms with Crippen LogP contribution in [-0.2, 0) is 4.79 Å². The van der Waals surface area contributed by atoms with Crippen molar-refractivity contribution in [2.45, 2.75) is 11.9 Å². The maximum atomic E-state index is 13.0. The van der Waals surface area contributed by atoms with Gasteiger partial charge >= 0.3 is 12.0 Å². The lowest BCUT2D eigenvalue weighted by molar-refractivity contribution is -0.133. The van der Waals surface area contributed by atoms with Crippen LogP contribution < -0.4 is 5.73 Å². The van der Waals surface area contributed by atoms with Gasteiger partial charge in [0.2, 0.25) is 0 Å². The average molecular weight is 235 g/mol. The van der Waals surface area contributed by atoms with Gasteiger partial charge in [0.15, 0.2) is 5.00 Å². The Hall–Kier alpha value is -1.56. The van der Waals surface area contributed by atoms with Crippen molar-refractivity contribution < 1.29 is 19.1 Å². The Morgan fingerprint density at radius 1 is 1.67 bits per heavy atom.